The molecular weight excluding hydrogens is 342 g/mol. The van der Waals surface area contributed by atoms with Gasteiger partial charge in [0.2, 0.25) is 0 Å². The molecule has 0 spiro atoms. The Bertz CT molecular complexity index is 586. The molecule has 112 valence electrons. The quantitative estimate of drug-likeness (QED) is 0.845. The Balaban J connectivity index is 2.37. The Labute approximate surface area is 129 Å². The fourth-order valence-electron chi connectivity index (χ4n) is 2.44. The molecule has 1 unspecified atom stereocenters. The van der Waals surface area contributed by atoms with E-state index in [2.05, 4.69) is 28.2 Å². The lowest BCUT2D eigenvalue weighted by Gasteiger charge is -2.21. The second-order valence-electron chi connectivity index (χ2n) is 5.18. The predicted molar refractivity (Wildman–Crippen MR) is 84.1 cm³/mol. The van der Waals surface area contributed by atoms with Crippen LogP contribution in [0.1, 0.15) is 30.5 Å². The highest BCUT2D eigenvalue weighted by atomic mass is 79.9. The molecule has 2 rings (SSSR count). The van der Waals surface area contributed by atoms with Gasteiger partial charge >= 0.3 is 0 Å². The van der Waals surface area contributed by atoms with E-state index >= 15 is 0 Å². The summed E-state index contributed by atoms with van der Waals surface area (Å²) in [5.41, 5.74) is 2.08. The zero-order chi connectivity index (χ0) is 14.8. The van der Waals surface area contributed by atoms with Crippen LogP contribution in [0.4, 0.5) is 0 Å². The third-order valence-corrected chi connectivity index (χ3v) is 4.66. The smallest absolute Gasteiger partial charge is 0.149 e. The van der Waals surface area contributed by atoms with Crippen LogP contribution in [-0.2, 0) is 16.3 Å². The largest absolute Gasteiger partial charge is 0.493 e. The minimum absolute atomic E-state index is 0.0826. The summed E-state index contributed by atoms with van der Waals surface area (Å²) in [5, 5.41) is 3.32. The number of hydrogen-bond donors (Lipinski definition) is 1. The highest BCUT2D eigenvalue weighted by Crippen LogP contribution is 2.36. The fourth-order valence-corrected chi connectivity index (χ4v) is 3.86. The number of rotatable bonds is 6. The van der Waals surface area contributed by atoms with Gasteiger partial charge in [-0.3, -0.25) is 0 Å². The zero-order valence-electron chi connectivity index (χ0n) is 11.8. The number of fused-ring (bicyclic) bond motifs is 1. The van der Waals surface area contributed by atoms with Crippen molar-refractivity contribution >= 4 is 25.8 Å². The van der Waals surface area contributed by atoms with E-state index < -0.39 is 9.84 Å². The van der Waals surface area contributed by atoms with E-state index in [4.69, 9.17) is 4.74 Å². The van der Waals surface area contributed by atoms with Gasteiger partial charge in [0.05, 0.1) is 12.4 Å². The summed E-state index contributed by atoms with van der Waals surface area (Å²) in [6.07, 6.45) is 3.10. The summed E-state index contributed by atoms with van der Waals surface area (Å²) < 4.78 is 30.0. The van der Waals surface area contributed by atoms with Crippen LogP contribution in [0.25, 0.3) is 0 Å². The van der Waals surface area contributed by atoms with Crippen molar-refractivity contribution in [1.29, 1.82) is 0 Å². The van der Waals surface area contributed by atoms with Crippen molar-refractivity contribution in [3.63, 3.8) is 0 Å². The molecule has 0 saturated carbocycles. The van der Waals surface area contributed by atoms with E-state index in [1.807, 2.05) is 12.1 Å². The normalized spacial score (nSPS) is 15.8. The molecule has 0 radical (unpaired) electrons. The first-order chi connectivity index (χ1) is 9.40. The lowest BCUT2D eigenvalue weighted by molar-refractivity contribution is 0.349. The number of sulfone groups is 1. The van der Waals surface area contributed by atoms with Crippen molar-refractivity contribution in [3.05, 3.63) is 27.7 Å². The van der Waals surface area contributed by atoms with E-state index in [9.17, 15) is 8.42 Å². The summed E-state index contributed by atoms with van der Waals surface area (Å²) in [6.45, 7) is 3.51. The van der Waals surface area contributed by atoms with Crippen molar-refractivity contribution in [2.75, 3.05) is 25.2 Å². The number of halogens is 1. The predicted octanol–water partition coefficient (Wildman–Crippen LogP) is 2.47. The maximum absolute atomic E-state index is 11.7. The van der Waals surface area contributed by atoms with Crippen molar-refractivity contribution in [1.82, 2.24) is 5.32 Å². The van der Waals surface area contributed by atoms with Crippen LogP contribution in [0.2, 0.25) is 0 Å². The number of ether oxygens (including phenoxy) is 1. The molecule has 4 nitrogen and oxygen atoms in total. The zero-order valence-corrected chi connectivity index (χ0v) is 14.2. The maximum Gasteiger partial charge on any atom is 0.149 e. The Morgan fingerprint density at radius 3 is 2.85 bits per heavy atom. The van der Waals surface area contributed by atoms with Gasteiger partial charge < -0.3 is 10.1 Å². The van der Waals surface area contributed by atoms with Crippen molar-refractivity contribution in [2.24, 2.45) is 0 Å². The molecule has 1 aromatic rings. The van der Waals surface area contributed by atoms with Crippen molar-refractivity contribution < 1.29 is 13.2 Å². The topological polar surface area (TPSA) is 55.4 Å². The lowest BCUT2D eigenvalue weighted by Crippen LogP contribution is -2.28. The average Bonchev–Trinajstić information content (AvgIpc) is 2.80. The van der Waals surface area contributed by atoms with Gasteiger partial charge in [-0.15, -0.1) is 0 Å². The van der Waals surface area contributed by atoms with Gasteiger partial charge in [0, 0.05) is 28.8 Å². The monoisotopic (exact) mass is 361 g/mol. The molecule has 0 aromatic heterocycles. The molecule has 6 heteroatoms. The van der Waals surface area contributed by atoms with Gasteiger partial charge in [-0.05, 0) is 30.7 Å². The first kappa shape index (κ1) is 15.8. The standard InChI is InChI=1S/C14H20BrNO3S/c1-3-5-16-13(9-20(2,17)18)12-8-11(15)7-10-4-6-19-14(10)12/h7-8,13,16H,3-6,9H2,1-2H3. The minimum Gasteiger partial charge on any atom is -0.493 e. The van der Waals surface area contributed by atoms with Crippen molar-refractivity contribution in [3.8, 4) is 5.75 Å². The van der Waals surface area contributed by atoms with E-state index in [0.29, 0.717) is 6.61 Å². The number of benzene rings is 1. The number of nitrogens with one attached hydrogen (secondary N) is 1. The molecule has 0 fully saturated rings. The lowest BCUT2D eigenvalue weighted by atomic mass is 10.0. The molecule has 1 aromatic carbocycles. The summed E-state index contributed by atoms with van der Waals surface area (Å²) in [4.78, 5) is 0. The Morgan fingerprint density at radius 2 is 2.20 bits per heavy atom. The second-order valence-corrected chi connectivity index (χ2v) is 8.28. The highest BCUT2D eigenvalue weighted by molar-refractivity contribution is 9.10. The van der Waals surface area contributed by atoms with E-state index in [1.54, 1.807) is 0 Å². The van der Waals surface area contributed by atoms with Crippen LogP contribution in [-0.4, -0.2) is 33.6 Å². The summed E-state index contributed by atoms with van der Waals surface area (Å²) in [5.74, 6) is 0.935. The Morgan fingerprint density at radius 1 is 1.45 bits per heavy atom. The SMILES string of the molecule is CCCNC(CS(C)(=O)=O)c1cc(Br)cc2c1OCC2. The Kier molecular flexibility index (Phi) is 5.09. The first-order valence-corrected chi connectivity index (χ1v) is 9.62. The van der Waals surface area contributed by atoms with Crippen LogP contribution in [0.3, 0.4) is 0 Å². The van der Waals surface area contributed by atoms with Gasteiger partial charge in [0.25, 0.3) is 0 Å². The van der Waals surface area contributed by atoms with Crippen LogP contribution in [0.15, 0.2) is 16.6 Å². The third kappa shape index (κ3) is 3.96. The number of hydrogen-bond acceptors (Lipinski definition) is 4. The molecule has 20 heavy (non-hydrogen) atoms. The van der Waals surface area contributed by atoms with Crippen molar-refractivity contribution in [2.45, 2.75) is 25.8 Å². The molecule has 0 saturated heterocycles. The maximum atomic E-state index is 11.7. The van der Waals surface area contributed by atoms with Gasteiger partial charge in [-0.1, -0.05) is 22.9 Å². The molecule has 0 bridgehead atoms. The molecule has 1 aliphatic rings. The van der Waals surface area contributed by atoms with Crippen LogP contribution < -0.4 is 10.1 Å². The first-order valence-electron chi connectivity index (χ1n) is 6.77. The van der Waals surface area contributed by atoms with Crippen LogP contribution >= 0.6 is 15.9 Å². The molecule has 1 aliphatic heterocycles. The summed E-state index contributed by atoms with van der Waals surface area (Å²) in [6, 6.07) is 3.78. The third-order valence-electron chi connectivity index (χ3n) is 3.26. The van der Waals surface area contributed by atoms with Gasteiger partial charge in [0.1, 0.15) is 15.6 Å². The molecule has 1 heterocycles. The van der Waals surface area contributed by atoms with Gasteiger partial charge in [0.15, 0.2) is 0 Å². The summed E-state index contributed by atoms with van der Waals surface area (Å²) >= 11 is 3.50. The molecule has 1 N–H and O–H groups in total. The van der Waals surface area contributed by atoms with Gasteiger partial charge in [-0.2, -0.15) is 0 Å². The minimum atomic E-state index is -3.07. The van der Waals surface area contributed by atoms with Crippen LogP contribution in [0.5, 0.6) is 5.75 Å². The van der Waals surface area contributed by atoms with Crippen LogP contribution in [0, 0.1) is 0 Å². The molecule has 0 aliphatic carbocycles. The highest BCUT2D eigenvalue weighted by Gasteiger charge is 2.25. The summed E-state index contributed by atoms with van der Waals surface area (Å²) in [7, 11) is -3.07. The molecular formula is C14H20BrNO3S. The van der Waals surface area contributed by atoms with E-state index in [1.165, 1.54) is 6.26 Å². The van der Waals surface area contributed by atoms with Gasteiger partial charge in [-0.25, -0.2) is 8.42 Å². The fraction of sp³-hybridized carbons (Fsp3) is 0.571. The second kappa shape index (κ2) is 6.45. The average molecular weight is 362 g/mol. The van der Waals surface area contributed by atoms with E-state index in [-0.39, 0.29) is 11.8 Å². The molecule has 1 atom stereocenters. The van der Waals surface area contributed by atoms with E-state index in [0.717, 1.165) is 40.7 Å². The Hall–Kier alpha value is -0.590. The molecule has 0 amide bonds.